The fourth-order valence-electron chi connectivity index (χ4n) is 2.28. The van der Waals surface area contributed by atoms with E-state index in [-0.39, 0.29) is 11.8 Å². The van der Waals surface area contributed by atoms with Crippen LogP contribution in [0.4, 0.5) is 5.69 Å². The summed E-state index contributed by atoms with van der Waals surface area (Å²) in [7, 11) is 0. The first-order valence-corrected chi connectivity index (χ1v) is 6.62. The minimum atomic E-state index is 0.0103. The molecule has 0 fully saturated rings. The van der Waals surface area contributed by atoms with Crippen LogP contribution in [0.15, 0.2) is 28.2 Å². The Labute approximate surface area is 104 Å². The van der Waals surface area contributed by atoms with E-state index in [0.29, 0.717) is 6.42 Å². The van der Waals surface area contributed by atoms with Crippen molar-refractivity contribution in [3.8, 4) is 0 Å². The molecule has 0 saturated heterocycles. The van der Waals surface area contributed by atoms with Crippen LogP contribution in [-0.4, -0.2) is 17.4 Å². The monoisotopic (exact) mass is 247 g/mol. The lowest BCUT2D eigenvalue weighted by Gasteiger charge is -2.21. The summed E-state index contributed by atoms with van der Waals surface area (Å²) in [5.74, 6) is 1.27. The van der Waals surface area contributed by atoms with Crippen molar-refractivity contribution in [2.75, 3.05) is 11.5 Å². The number of hydrazone groups is 1. The number of thioether (sulfide) groups is 1. The average molecular weight is 247 g/mol. The number of fused-ring (bicyclic) bond motifs is 3. The van der Waals surface area contributed by atoms with Crippen molar-refractivity contribution in [2.45, 2.75) is 17.7 Å². The number of anilines is 1. The maximum absolute atomic E-state index is 11.4. The smallest absolute Gasteiger partial charge is 0.240 e. The molecule has 0 saturated carbocycles. The Morgan fingerprint density at radius 2 is 2.35 bits per heavy atom. The van der Waals surface area contributed by atoms with E-state index in [0.717, 1.165) is 29.1 Å². The first kappa shape index (κ1) is 10.7. The van der Waals surface area contributed by atoms with Crippen molar-refractivity contribution in [1.29, 1.82) is 0 Å². The molecule has 88 valence electrons. The molecule has 1 unspecified atom stereocenters. The third-order valence-corrected chi connectivity index (χ3v) is 4.23. The predicted molar refractivity (Wildman–Crippen MR) is 69.0 cm³/mol. The molecule has 0 aliphatic carbocycles. The fraction of sp³-hybridized carbons (Fsp3) is 0.333. The number of carbonyl (C=O) groups excluding carboxylic acids is 1. The summed E-state index contributed by atoms with van der Waals surface area (Å²) >= 11 is 1.81. The number of amides is 1. The van der Waals surface area contributed by atoms with E-state index in [9.17, 15) is 4.79 Å². The van der Waals surface area contributed by atoms with Crippen LogP contribution in [-0.2, 0) is 4.79 Å². The van der Waals surface area contributed by atoms with Gasteiger partial charge >= 0.3 is 0 Å². The number of benzene rings is 1. The van der Waals surface area contributed by atoms with Crippen LogP contribution in [0.3, 0.4) is 0 Å². The Balaban J connectivity index is 2.11. The normalized spacial score (nSPS) is 22.9. The van der Waals surface area contributed by atoms with Crippen LogP contribution < -0.4 is 11.2 Å². The number of nitrogens with two attached hydrogens (primary N) is 1. The molecule has 5 heteroatoms. The van der Waals surface area contributed by atoms with Crippen molar-refractivity contribution in [3.63, 3.8) is 0 Å². The highest BCUT2D eigenvalue weighted by molar-refractivity contribution is 7.99. The molecule has 0 radical (unpaired) electrons. The van der Waals surface area contributed by atoms with Crippen molar-refractivity contribution < 1.29 is 4.79 Å². The minimum absolute atomic E-state index is 0.0103. The average Bonchev–Trinajstić information content (AvgIpc) is 2.47. The van der Waals surface area contributed by atoms with E-state index < -0.39 is 0 Å². The van der Waals surface area contributed by atoms with Gasteiger partial charge in [0, 0.05) is 28.5 Å². The van der Waals surface area contributed by atoms with Gasteiger partial charge in [0.05, 0.1) is 5.71 Å². The maximum atomic E-state index is 11.4. The van der Waals surface area contributed by atoms with Crippen molar-refractivity contribution >= 4 is 29.1 Å². The van der Waals surface area contributed by atoms with Crippen molar-refractivity contribution in [3.05, 3.63) is 23.8 Å². The molecule has 2 aliphatic heterocycles. The van der Waals surface area contributed by atoms with E-state index in [1.807, 2.05) is 30.0 Å². The Hall–Kier alpha value is -1.49. The number of nitrogens with zero attached hydrogens (tertiary/aromatic N) is 1. The van der Waals surface area contributed by atoms with E-state index in [4.69, 9.17) is 5.73 Å². The second kappa shape index (κ2) is 4.07. The van der Waals surface area contributed by atoms with Gasteiger partial charge in [-0.05, 0) is 30.4 Å². The van der Waals surface area contributed by atoms with Crippen LogP contribution in [0.1, 0.15) is 18.4 Å². The summed E-state index contributed by atoms with van der Waals surface area (Å²) < 4.78 is 0. The molecule has 2 aliphatic rings. The molecule has 0 spiro atoms. The van der Waals surface area contributed by atoms with Crippen LogP contribution in [0.5, 0.6) is 0 Å². The highest BCUT2D eigenvalue weighted by atomic mass is 32.2. The van der Waals surface area contributed by atoms with Gasteiger partial charge in [-0.25, -0.2) is 5.43 Å². The zero-order valence-corrected chi connectivity index (χ0v) is 10.1. The largest absolute Gasteiger partial charge is 0.399 e. The van der Waals surface area contributed by atoms with Gasteiger partial charge in [-0.1, -0.05) is 0 Å². The zero-order chi connectivity index (χ0) is 11.8. The first-order valence-electron chi connectivity index (χ1n) is 5.63. The van der Waals surface area contributed by atoms with E-state index >= 15 is 0 Å². The predicted octanol–water partition coefficient (Wildman–Crippen LogP) is 1.60. The molecule has 0 bridgehead atoms. The number of nitrogens with one attached hydrogen (secondary N) is 1. The molecule has 3 rings (SSSR count). The highest BCUT2D eigenvalue weighted by Crippen LogP contribution is 2.35. The van der Waals surface area contributed by atoms with Crippen molar-refractivity contribution in [2.24, 2.45) is 11.0 Å². The maximum Gasteiger partial charge on any atom is 0.240 e. The lowest BCUT2D eigenvalue weighted by Crippen LogP contribution is -2.33. The summed E-state index contributed by atoms with van der Waals surface area (Å²) in [6.07, 6.45) is 1.53. The number of carbonyl (C=O) groups is 1. The Morgan fingerprint density at radius 3 is 3.24 bits per heavy atom. The standard InChI is InChI=1S/C12H13N3OS/c13-8-1-2-10-9(6-8)12-7(3-4-17-10)5-11(16)14-15-12/h1-2,6-7H,3-5,13H2,(H,14,16). The number of hydrogen-bond donors (Lipinski definition) is 2. The molecule has 1 atom stereocenters. The zero-order valence-electron chi connectivity index (χ0n) is 9.27. The topological polar surface area (TPSA) is 67.5 Å². The molecule has 1 aromatic rings. The van der Waals surface area contributed by atoms with Crippen LogP contribution >= 0.6 is 11.8 Å². The molecule has 4 nitrogen and oxygen atoms in total. The first-order chi connectivity index (χ1) is 8.24. The second-order valence-corrected chi connectivity index (χ2v) is 5.46. The van der Waals surface area contributed by atoms with Crippen LogP contribution in [0, 0.1) is 5.92 Å². The number of nitrogen functional groups attached to an aromatic ring is 1. The molecule has 0 aromatic heterocycles. The summed E-state index contributed by atoms with van der Waals surface area (Å²) in [5.41, 5.74) is 11.2. The van der Waals surface area contributed by atoms with Crippen molar-refractivity contribution in [1.82, 2.24) is 5.43 Å². The lowest BCUT2D eigenvalue weighted by atomic mass is 9.90. The Kier molecular flexibility index (Phi) is 2.55. The molecule has 1 amide bonds. The van der Waals surface area contributed by atoms with Gasteiger partial charge in [0.2, 0.25) is 5.91 Å². The third-order valence-electron chi connectivity index (χ3n) is 3.12. The lowest BCUT2D eigenvalue weighted by molar-refractivity contribution is -0.122. The van der Waals surface area contributed by atoms with Gasteiger partial charge in [-0.3, -0.25) is 4.79 Å². The molecule has 3 N–H and O–H groups in total. The quantitative estimate of drug-likeness (QED) is 0.684. The van der Waals surface area contributed by atoms with E-state index in [1.54, 1.807) is 0 Å². The summed E-state index contributed by atoms with van der Waals surface area (Å²) in [6.45, 7) is 0. The van der Waals surface area contributed by atoms with E-state index in [1.165, 1.54) is 4.90 Å². The van der Waals surface area contributed by atoms with Gasteiger partial charge in [-0.2, -0.15) is 5.10 Å². The number of rotatable bonds is 0. The van der Waals surface area contributed by atoms with Gasteiger partial charge in [-0.15, -0.1) is 11.8 Å². The third kappa shape index (κ3) is 1.91. The molecular weight excluding hydrogens is 234 g/mol. The van der Waals surface area contributed by atoms with E-state index in [2.05, 4.69) is 10.5 Å². The Morgan fingerprint density at radius 1 is 1.47 bits per heavy atom. The van der Waals surface area contributed by atoms with Gasteiger partial charge in [0.15, 0.2) is 0 Å². The van der Waals surface area contributed by atoms with Gasteiger partial charge < -0.3 is 5.73 Å². The Bertz CT molecular complexity index is 512. The summed E-state index contributed by atoms with van der Waals surface area (Å²) in [5, 5.41) is 4.22. The van der Waals surface area contributed by atoms with Gasteiger partial charge in [0.25, 0.3) is 0 Å². The van der Waals surface area contributed by atoms with Gasteiger partial charge in [0.1, 0.15) is 0 Å². The van der Waals surface area contributed by atoms with Crippen LogP contribution in [0.2, 0.25) is 0 Å². The molecule has 2 heterocycles. The SMILES string of the molecule is Nc1ccc2c(c1)C1=NNC(=O)CC1CCS2. The molecular formula is C12H13N3OS. The minimum Gasteiger partial charge on any atom is -0.399 e. The molecule has 1 aromatic carbocycles. The summed E-state index contributed by atoms with van der Waals surface area (Å²) in [6, 6.07) is 5.90. The van der Waals surface area contributed by atoms with Crippen LogP contribution in [0.25, 0.3) is 0 Å². The highest BCUT2D eigenvalue weighted by Gasteiger charge is 2.29. The number of hydrogen-bond acceptors (Lipinski definition) is 4. The second-order valence-electron chi connectivity index (χ2n) is 4.33. The fourth-order valence-corrected chi connectivity index (χ4v) is 3.39. The summed E-state index contributed by atoms with van der Waals surface area (Å²) in [4.78, 5) is 12.6. The molecule has 17 heavy (non-hydrogen) atoms.